The van der Waals surface area contributed by atoms with Gasteiger partial charge < -0.3 is 34.7 Å². The molecule has 0 aliphatic carbocycles. The Labute approximate surface area is 305 Å². The second-order valence-corrected chi connectivity index (χ2v) is 11.8. The van der Waals surface area contributed by atoms with Gasteiger partial charge in [0.25, 0.3) is 5.97 Å². The van der Waals surface area contributed by atoms with E-state index >= 15 is 0 Å². The molecule has 0 aromatic heterocycles. The zero-order valence-electron chi connectivity index (χ0n) is 29.9. The molecule has 44 heavy (non-hydrogen) atoms. The van der Waals surface area contributed by atoms with Crippen molar-refractivity contribution in [2.24, 2.45) is 0 Å². The molecule has 4 radical (unpaired) electrons. The standard InChI is InChI=1S/C11H22O2S.C10H20O2S.2C8H17.Sn/c1-2-3-4-5-6-7-9-13-11(12)8-10-14;1-2-3-4-5-6-7-8-12-10(11)9-13;2*1-3-5-7-8-6-4-2;/h14H,2-10H2,1H3;13H,2-9H2,1H3;2*1,3-8H2,2H3;/q;;;;+2/p-2. The predicted molar refractivity (Wildman–Crippen MR) is 201 cm³/mol. The van der Waals surface area contributed by atoms with E-state index in [9.17, 15) is 9.59 Å². The Hall–Kier alpha value is 0.439. The molecule has 0 bridgehead atoms. The SMILES string of the molecule is CCCCCCCCOC(=O)CC[S-].CCCCCCCCOC(=O)C[S-].[CH2]CCCCCCC.[CH2]CCCCCCC.[Sn+2]. The Balaban J connectivity index is -0.000000157. The molecule has 0 atom stereocenters. The summed E-state index contributed by atoms with van der Waals surface area (Å²) in [7, 11) is 0. The quantitative estimate of drug-likeness (QED) is 0.0359. The van der Waals surface area contributed by atoms with Crippen LogP contribution in [-0.4, -0.2) is 60.6 Å². The number of unbranched alkanes of at least 4 members (excludes halogenated alkanes) is 20. The molecule has 0 aromatic carbocycles. The summed E-state index contributed by atoms with van der Waals surface area (Å²) >= 11 is 9.21. The fourth-order valence-corrected chi connectivity index (χ4v) is 4.14. The van der Waals surface area contributed by atoms with Crippen LogP contribution in [-0.2, 0) is 44.3 Å². The van der Waals surface area contributed by atoms with E-state index in [1.54, 1.807) is 0 Å². The van der Waals surface area contributed by atoms with Crippen molar-refractivity contribution in [2.75, 3.05) is 24.7 Å². The largest absolute Gasteiger partial charge is 2.00 e. The summed E-state index contributed by atoms with van der Waals surface area (Å²) in [4.78, 5) is 21.5. The molecule has 0 N–H and O–H groups in total. The minimum Gasteiger partial charge on any atom is -0.792 e. The Morgan fingerprint density at radius 2 is 0.773 bits per heavy atom. The monoisotopic (exact) mass is 766 g/mol. The van der Waals surface area contributed by atoms with E-state index in [0.717, 1.165) is 32.1 Å². The average molecular weight is 766 g/mol. The normalized spacial score (nSPS) is 9.73. The van der Waals surface area contributed by atoms with Crippen LogP contribution in [0.4, 0.5) is 0 Å². The Bertz CT molecular complexity index is 472. The number of rotatable bonds is 27. The van der Waals surface area contributed by atoms with E-state index in [2.05, 4.69) is 66.8 Å². The van der Waals surface area contributed by atoms with Crippen LogP contribution in [0.3, 0.4) is 0 Å². The number of ether oxygens (including phenoxy) is 2. The molecule has 0 fully saturated rings. The van der Waals surface area contributed by atoms with Gasteiger partial charge in [-0.05, 0) is 12.8 Å². The average Bonchev–Trinajstić information content (AvgIpc) is 3.01. The van der Waals surface area contributed by atoms with Crippen LogP contribution in [0.15, 0.2) is 0 Å². The molecule has 262 valence electrons. The zero-order valence-corrected chi connectivity index (χ0v) is 34.4. The molecule has 7 heteroatoms. The van der Waals surface area contributed by atoms with Crippen LogP contribution in [0.2, 0.25) is 0 Å². The molecular formula is C37H74O4S2Sn. The maximum atomic E-state index is 10.9. The third kappa shape index (κ3) is 65.2. The van der Waals surface area contributed by atoms with Crippen molar-refractivity contribution in [1.82, 2.24) is 0 Å². The van der Waals surface area contributed by atoms with Crippen molar-refractivity contribution in [3.63, 3.8) is 0 Å². The number of hydrogen-bond donors (Lipinski definition) is 0. The van der Waals surface area contributed by atoms with E-state index in [1.807, 2.05) is 0 Å². The van der Waals surface area contributed by atoms with Crippen LogP contribution >= 0.6 is 0 Å². The summed E-state index contributed by atoms with van der Waals surface area (Å²) in [5.74, 6) is 0.141. The minimum absolute atomic E-state index is 0. The van der Waals surface area contributed by atoms with Crippen LogP contribution in [0.25, 0.3) is 0 Å². The Morgan fingerprint density at radius 1 is 0.477 bits per heavy atom. The summed E-state index contributed by atoms with van der Waals surface area (Å²) in [6.07, 6.45) is 30.9. The molecule has 0 heterocycles. The molecule has 0 saturated heterocycles. The van der Waals surface area contributed by atoms with Crippen LogP contribution < -0.4 is 0 Å². The Kier molecular flexibility index (Phi) is 68.4. The molecule has 0 spiro atoms. The van der Waals surface area contributed by atoms with Gasteiger partial charge in [0.1, 0.15) is 0 Å². The minimum atomic E-state index is -0.261. The first-order chi connectivity index (χ1) is 20.9. The van der Waals surface area contributed by atoms with Gasteiger partial charge in [-0.3, -0.25) is 9.59 Å². The maximum Gasteiger partial charge on any atom is 2.00 e. The molecule has 0 aliphatic heterocycles. The molecule has 0 rings (SSSR count). The zero-order chi connectivity index (χ0) is 33.1. The van der Waals surface area contributed by atoms with Crippen molar-refractivity contribution < 1.29 is 19.1 Å². The molecule has 4 nitrogen and oxygen atoms in total. The first-order valence-corrected chi connectivity index (χ1v) is 19.2. The first-order valence-electron chi connectivity index (χ1n) is 18.0. The molecule has 0 amide bonds. The van der Waals surface area contributed by atoms with Crippen molar-refractivity contribution in [1.29, 1.82) is 0 Å². The van der Waals surface area contributed by atoms with E-state index in [0.29, 0.717) is 25.4 Å². The van der Waals surface area contributed by atoms with Gasteiger partial charge in [0.15, 0.2) is 0 Å². The summed E-state index contributed by atoms with van der Waals surface area (Å²) in [5, 5.41) is 0. The van der Waals surface area contributed by atoms with Crippen molar-refractivity contribution >= 4 is 61.1 Å². The predicted octanol–water partition coefficient (Wildman–Crippen LogP) is 11.2. The third-order valence-corrected chi connectivity index (χ3v) is 7.09. The van der Waals surface area contributed by atoms with Gasteiger partial charge in [-0.1, -0.05) is 189 Å². The van der Waals surface area contributed by atoms with Gasteiger partial charge in [-0.15, -0.1) is 0 Å². The van der Waals surface area contributed by atoms with E-state index < -0.39 is 0 Å². The summed E-state index contributed by atoms with van der Waals surface area (Å²) < 4.78 is 9.84. The van der Waals surface area contributed by atoms with E-state index in [1.165, 1.54) is 122 Å². The van der Waals surface area contributed by atoms with Gasteiger partial charge >= 0.3 is 29.9 Å². The van der Waals surface area contributed by atoms with Crippen LogP contribution in [0.5, 0.6) is 0 Å². The molecular weight excluding hydrogens is 691 g/mol. The number of carbonyl (C=O) groups is 2. The van der Waals surface area contributed by atoms with Gasteiger partial charge in [-0.2, -0.15) is 5.75 Å². The topological polar surface area (TPSA) is 52.6 Å². The smallest absolute Gasteiger partial charge is 0.792 e. The van der Waals surface area contributed by atoms with Gasteiger partial charge in [-0.25, -0.2) is 0 Å². The fourth-order valence-electron chi connectivity index (χ4n) is 3.89. The number of carbonyl (C=O) groups excluding carboxylic acids is 2. The molecule has 0 saturated carbocycles. The molecule has 0 unspecified atom stereocenters. The second kappa shape index (κ2) is 55.8. The number of hydrogen-bond acceptors (Lipinski definition) is 6. The summed E-state index contributed by atoms with van der Waals surface area (Å²) in [6.45, 7) is 17.6. The number of esters is 2. The maximum absolute atomic E-state index is 10.9. The summed E-state index contributed by atoms with van der Waals surface area (Å²) in [6, 6.07) is 0. The van der Waals surface area contributed by atoms with Gasteiger partial charge in [0, 0.05) is 6.42 Å². The molecule has 0 aromatic rings. The Morgan fingerprint density at radius 3 is 1.07 bits per heavy atom. The van der Waals surface area contributed by atoms with Gasteiger partial charge in [0.2, 0.25) is 0 Å². The van der Waals surface area contributed by atoms with Crippen molar-refractivity contribution in [3.8, 4) is 0 Å². The fraction of sp³-hybridized carbons (Fsp3) is 0.892. The molecule has 0 aliphatic rings. The van der Waals surface area contributed by atoms with Crippen LogP contribution in [0.1, 0.15) is 188 Å². The first kappa shape index (κ1) is 53.9. The summed E-state index contributed by atoms with van der Waals surface area (Å²) in [5.41, 5.74) is 0. The van der Waals surface area contributed by atoms with Crippen molar-refractivity contribution in [3.05, 3.63) is 13.8 Å². The van der Waals surface area contributed by atoms with E-state index in [-0.39, 0.29) is 41.6 Å². The van der Waals surface area contributed by atoms with Gasteiger partial charge in [0.05, 0.1) is 13.2 Å². The second-order valence-electron chi connectivity index (χ2n) is 11.1. The van der Waals surface area contributed by atoms with Crippen molar-refractivity contribution in [2.45, 2.75) is 188 Å². The van der Waals surface area contributed by atoms with Crippen LogP contribution in [0, 0.1) is 13.8 Å². The van der Waals surface area contributed by atoms with E-state index in [4.69, 9.17) is 9.47 Å². The third-order valence-electron chi connectivity index (χ3n) is 6.65.